The van der Waals surface area contributed by atoms with Crippen molar-refractivity contribution in [1.82, 2.24) is 0 Å². The molecule has 0 fully saturated rings. The van der Waals surface area contributed by atoms with Gasteiger partial charge in [-0.25, -0.2) is 0 Å². The van der Waals surface area contributed by atoms with E-state index in [-0.39, 0.29) is 18.1 Å². The number of ether oxygens (including phenoxy) is 1. The summed E-state index contributed by atoms with van der Waals surface area (Å²) in [7, 11) is 0. The number of fused-ring (bicyclic) bond motifs is 1. The summed E-state index contributed by atoms with van der Waals surface area (Å²) in [5, 5.41) is 2.88. The minimum Gasteiger partial charge on any atom is -0.457 e. The van der Waals surface area contributed by atoms with Crippen molar-refractivity contribution in [2.75, 3.05) is 12.4 Å². The molecule has 26 heavy (non-hydrogen) atoms. The topological polar surface area (TPSA) is 43.4 Å². The summed E-state index contributed by atoms with van der Waals surface area (Å²) in [6, 6.07) is 18.1. The fourth-order valence-corrected chi connectivity index (χ4v) is 3.96. The van der Waals surface area contributed by atoms with E-state index in [0.29, 0.717) is 15.6 Å². The second kappa shape index (κ2) is 8.58. The van der Waals surface area contributed by atoms with Crippen LogP contribution in [-0.4, -0.2) is 24.1 Å². The largest absolute Gasteiger partial charge is 0.457 e. The zero-order chi connectivity index (χ0) is 18.5. The molecule has 6 heteroatoms. The molecule has 0 heterocycles. The highest BCUT2D eigenvalue weighted by Gasteiger charge is 2.14. The molecule has 3 aromatic carbocycles. The number of carbonyl (C=O) groups excluding carboxylic acids is 2. The van der Waals surface area contributed by atoms with Crippen LogP contribution in [-0.2, 0) is 9.53 Å². The van der Waals surface area contributed by atoms with Gasteiger partial charge in [0.25, 0.3) is 0 Å². The third kappa shape index (κ3) is 4.39. The molecule has 3 nitrogen and oxygen atoms in total. The average Bonchev–Trinajstić information content (AvgIpc) is 2.65. The second-order valence-electron chi connectivity index (χ2n) is 5.45. The molecular formula is C20H14Cl2O3S. The van der Waals surface area contributed by atoms with Gasteiger partial charge in [0.1, 0.15) is 0 Å². The van der Waals surface area contributed by atoms with Crippen LogP contribution >= 0.6 is 35.0 Å². The normalized spacial score (nSPS) is 10.7. The predicted molar refractivity (Wildman–Crippen MR) is 106 cm³/mol. The Bertz CT molecular complexity index is 967. The van der Waals surface area contributed by atoms with Crippen molar-refractivity contribution in [3.8, 4) is 0 Å². The zero-order valence-electron chi connectivity index (χ0n) is 13.6. The number of ketones is 1. The molecule has 0 aliphatic rings. The van der Waals surface area contributed by atoms with Crippen LogP contribution in [0.2, 0.25) is 10.0 Å². The quantitative estimate of drug-likeness (QED) is 0.301. The molecule has 0 unspecified atom stereocenters. The molecule has 0 radical (unpaired) electrons. The van der Waals surface area contributed by atoms with Crippen molar-refractivity contribution in [3.63, 3.8) is 0 Å². The van der Waals surface area contributed by atoms with E-state index >= 15 is 0 Å². The predicted octanol–water partition coefficient (Wildman–Crippen LogP) is 5.66. The Morgan fingerprint density at radius 3 is 2.35 bits per heavy atom. The van der Waals surface area contributed by atoms with E-state index in [9.17, 15) is 9.59 Å². The fourth-order valence-electron chi connectivity index (χ4n) is 2.47. The first-order valence-electron chi connectivity index (χ1n) is 7.79. The van der Waals surface area contributed by atoms with Crippen LogP contribution < -0.4 is 0 Å². The van der Waals surface area contributed by atoms with Crippen molar-refractivity contribution >= 4 is 57.5 Å². The Hall–Kier alpha value is -2.01. The second-order valence-corrected chi connectivity index (χ2v) is 7.28. The van der Waals surface area contributed by atoms with Gasteiger partial charge in [-0.1, -0.05) is 59.6 Å². The SMILES string of the molecule is O=C(CSc1cccc2cccc(Cl)c12)OCC(=O)c1ccccc1Cl. The minimum atomic E-state index is -0.473. The van der Waals surface area contributed by atoms with Gasteiger partial charge < -0.3 is 4.74 Å². The summed E-state index contributed by atoms with van der Waals surface area (Å²) in [6.45, 7) is -0.334. The van der Waals surface area contributed by atoms with Gasteiger partial charge in [0.2, 0.25) is 5.78 Å². The minimum absolute atomic E-state index is 0.0835. The van der Waals surface area contributed by atoms with Crippen LogP contribution in [0.15, 0.2) is 65.6 Å². The molecule has 3 rings (SSSR count). The lowest BCUT2D eigenvalue weighted by Crippen LogP contribution is -2.15. The average molecular weight is 405 g/mol. The van der Waals surface area contributed by atoms with E-state index in [1.807, 2.05) is 36.4 Å². The highest BCUT2D eigenvalue weighted by Crippen LogP contribution is 2.33. The smallest absolute Gasteiger partial charge is 0.316 e. The highest BCUT2D eigenvalue weighted by atomic mass is 35.5. The van der Waals surface area contributed by atoms with Crippen molar-refractivity contribution in [2.45, 2.75) is 4.90 Å². The zero-order valence-corrected chi connectivity index (χ0v) is 15.9. The summed E-state index contributed by atoms with van der Waals surface area (Å²) in [4.78, 5) is 25.0. The standard InChI is InChI=1S/C20H14Cl2O3S/c21-15-8-2-1-7-14(15)17(23)11-25-19(24)12-26-18-10-4-6-13-5-3-9-16(22)20(13)18/h1-10H,11-12H2. The van der Waals surface area contributed by atoms with Crippen LogP contribution in [0, 0.1) is 0 Å². The maximum Gasteiger partial charge on any atom is 0.316 e. The Morgan fingerprint density at radius 2 is 1.58 bits per heavy atom. The molecule has 0 N–H and O–H groups in total. The molecule has 0 aliphatic carbocycles. The molecule has 0 aliphatic heterocycles. The Balaban J connectivity index is 1.60. The lowest BCUT2D eigenvalue weighted by atomic mass is 10.1. The Morgan fingerprint density at radius 1 is 0.885 bits per heavy atom. The van der Waals surface area contributed by atoms with Crippen molar-refractivity contribution in [2.24, 2.45) is 0 Å². The van der Waals surface area contributed by atoms with Gasteiger partial charge in [-0.15, -0.1) is 11.8 Å². The lowest BCUT2D eigenvalue weighted by molar-refractivity contribution is -0.139. The van der Waals surface area contributed by atoms with Crippen molar-refractivity contribution < 1.29 is 14.3 Å². The Kier molecular flexibility index (Phi) is 6.20. The van der Waals surface area contributed by atoms with Crippen LogP contribution in [0.3, 0.4) is 0 Å². The van der Waals surface area contributed by atoms with Crippen LogP contribution in [0.1, 0.15) is 10.4 Å². The van der Waals surface area contributed by atoms with Gasteiger partial charge in [-0.2, -0.15) is 0 Å². The van der Waals surface area contributed by atoms with Gasteiger partial charge >= 0.3 is 5.97 Å². The molecule has 0 spiro atoms. The monoisotopic (exact) mass is 404 g/mol. The first kappa shape index (κ1) is 18.8. The van der Waals surface area contributed by atoms with E-state index in [1.165, 1.54) is 11.8 Å². The van der Waals surface area contributed by atoms with E-state index in [2.05, 4.69) is 0 Å². The molecule has 0 atom stereocenters. The van der Waals surface area contributed by atoms with E-state index in [0.717, 1.165) is 15.7 Å². The molecule has 0 aromatic heterocycles. The fraction of sp³-hybridized carbons (Fsp3) is 0.100. The number of hydrogen-bond acceptors (Lipinski definition) is 4. The number of carbonyl (C=O) groups is 2. The number of esters is 1. The van der Waals surface area contributed by atoms with E-state index < -0.39 is 5.97 Å². The number of benzene rings is 3. The van der Waals surface area contributed by atoms with Crippen molar-refractivity contribution in [3.05, 3.63) is 76.3 Å². The summed E-state index contributed by atoms with van der Waals surface area (Å²) >= 11 is 13.6. The lowest BCUT2D eigenvalue weighted by Gasteiger charge is -2.08. The summed E-state index contributed by atoms with van der Waals surface area (Å²) in [6.07, 6.45) is 0. The third-order valence-corrected chi connectivity index (χ3v) is 5.38. The molecule has 0 saturated heterocycles. The van der Waals surface area contributed by atoms with E-state index in [4.69, 9.17) is 27.9 Å². The molecule has 3 aromatic rings. The van der Waals surface area contributed by atoms with Gasteiger partial charge in [-0.05, 0) is 29.7 Å². The van der Waals surface area contributed by atoms with Crippen LogP contribution in [0.4, 0.5) is 0 Å². The maximum atomic E-state index is 12.1. The number of halogens is 2. The summed E-state index contributed by atoms with van der Waals surface area (Å²) < 4.78 is 5.08. The Labute approximate surface area is 165 Å². The first-order chi connectivity index (χ1) is 12.6. The number of rotatable bonds is 6. The van der Waals surface area contributed by atoms with Crippen LogP contribution in [0.25, 0.3) is 10.8 Å². The summed E-state index contributed by atoms with van der Waals surface area (Å²) in [5.74, 6) is -0.721. The molecule has 0 amide bonds. The summed E-state index contributed by atoms with van der Waals surface area (Å²) in [5.41, 5.74) is 0.343. The number of hydrogen-bond donors (Lipinski definition) is 0. The highest BCUT2D eigenvalue weighted by molar-refractivity contribution is 8.00. The van der Waals surface area contributed by atoms with Crippen molar-refractivity contribution in [1.29, 1.82) is 0 Å². The van der Waals surface area contributed by atoms with Gasteiger partial charge in [0, 0.05) is 20.9 Å². The van der Waals surface area contributed by atoms with E-state index in [1.54, 1.807) is 24.3 Å². The number of Topliss-reactive ketones (excluding diaryl/α,β-unsaturated/α-hetero) is 1. The third-order valence-electron chi connectivity index (χ3n) is 3.70. The van der Waals surface area contributed by atoms with Gasteiger partial charge in [-0.3, -0.25) is 9.59 Å². The maximum absolute atomic E-state index is 12.1. The molecular weight excluding hydrogens is 391 g/mol. The molecule has 0 saturated carbocycles. The molecule has 132 valence electrons. The van der Waals surface area contributed by atoms with Crippen LogP contribution in [0.5, 0.6) is 0 Å². The van der Waals surface area contributed by atoms with Gasteiger partial charge in [0.15, 0.2) is 6.61 Å². The van der Waals surface area contributed by atoms with Gasteiger partial charge in [0.05, 0.1) is 10.8 Å². The number of thioether (sulfide) groups is 1. The molecule has 0 bridgehead atoms. The first-order valence-corrected chi connectivity index (χ1v) is 9.54.